The van der Waals surface area contributed by atoms with Gasteiger partial charge in [0.1, 0.15) is 18.1 Å². The number of nitrogens with two attached hydrogens (primary N) is 1. The van der Waals surface area contributed by atoms with E-state index < -0.39 is 42.0 Å². The van der Waals surface area contributed by atoms with Crippen molar-refractivity contribution in [3.05, 3.63) is 36.0 Å². The van der Waals surface area contributed by atoms with Gasteiger partial charge in [0.15, 0.2) is 0 Å². The number of para-hydroxylation sites is 1. The first kappa shape index (κ1) is 29.2. The minimum absolute atomic E-state index is 0.0712. The lowest BCUT2D eigenvalue weighted by atomic mass is 9.98. The van der Waals surface area contributed by atoms with Crippen LogP contribution in [0.25, 0.3) is 10.9 Å². The van der Waals surface area contributed by atoms with Gasteiger partial charge in [0.2, 0.25) is 17.7 Å². The predicted molar refractivity (Wildman–Crippen MR) is 145 cm³/mol. The van der Waals surface area contributed by atoms with Crippen LogP contribution in [-0.4, -0.2) is 69.4 Å². The molecule has 3 rings (SSSR count). The maximum Gasteiger partial charge on any atom is 0.326 e. The standard InChI is InChI=1S/C28H41N5O5/c1-5-17(4)24(29)26(35)31-21(14-18-15-30-20-10-7-6-9-19(18)20)27(36)33-12-8-11-23(33)25(34)32-22(28(37)38)13-16(2)3/h6-7,9-10,15-17,21-24,30H,5,8,11-14,29H2,1-4H3,(H,31,35)(H,32,34)(H,37,38). The number of carboxylic acids is 1. The van der Waals surface area contributed by atoms with Crippen molar-refractivity contribution in [2.75, 3.05) is 6.54 Å². The van der Waals surface area contributed by atoms with Crippen molar-refractivity contribution in [3.8, 4) is 0 Å². The van der Waals surface area contributed by atoms with Gasteiger partial charge in [-0.3, -0.25) is 14.4 Å². The van der Waals surface area contributed by atoms with Gasteiger partial charge in [-0.1, -0.05) is 52.3 Å². The molecular formula is C28H41N5O5. The number of aromatic nitrogens is 1. The lowest BCUT2D eigenvalue weighted by molar-refractivity contribution is -0.145. The molecule has 1 aliphatic heterocycles. The van der Waals surface area contributed by atoms with Crippen LogP contribution in [0.3, 0.4) is 0 Å². The Morgan fingerprint density at radius 2 is 1.84 bits per heavy atom. The highest BCUT2D eigenvalue weighted by molar-refractivity contribution is 5.95. The van der Waals surface area contributed by atoms with E-state index in [0.717, 1.165) is 16.5 Å². The number of likely N-dealkylation sites (tertiary alicyclic amines) is 1. The second-order valence-electron chi connectivity index (χ2n) is 10.8. The van der Waals surface area contributed by atoms with E-state index in [-0.39, 0.29) is 30.6 Å². The first-order valence-electron chi connectivity index (χ1n) is 13.5. The zero-order chi connectivity index (χ0) is 28.0. The molecule has 5 unspecified atom stereocenters. The number of aromatic amines is 1. The molecule has 1 saturated heterocycles. The Bertz CT molecular complexity index is 1150. The minimum atomic E-state index is -1.11. The molecule has 38 heavy (non-hydrogen) atoms. The zero-order valence-corrected chi connectivity index (χ0v) is 22.7. The summed E-state index contributed by atoms with van der Waals surface area (Å²) in [5.41, 5.74) is 7.95. The zero-order valence-electron chi connectivity index (χ0n) is 22.7. The summed E-state index contributed by atoms with van der Waals surface area (Å²) in [5.74, 6) is -2.39. The monoisotopic (exact) mass is 527 g/mol. The van der Waals surface area contributed by atoms with Crippen molar-refractivity contribution in [2.45, 2.75) is 84.0 Å². The van der Waals surface area contributed by atoms with E-state index in [9.17, 15) is 24.3 Å². The van der Waals surface area contributed by atoms with Gasteiger partial charge in [-0.15, -0.1) is 0 Å². The topological polar surface area (TPSA) is 158 Å². The van der Waals surface area contributed by atoms with Crippen LogP contribution in [0, 0.1) is 11.8 Å². The van der Waals surface area contributed by atoms with Crippen LogP contribution in [0.15, 0.2) is 30.5 Å². The summed E-state index contributed by atoms with van der Waals surface area (Å²) in [6.07, 6.45) is 4.07. The Morgan fingerprint density at radius 3 is 2.50 bits per heavy atom. The van der Waals surface area contributed by atoms with Crippen LogP contribution in [-0.2, 0) is 25.6 Å². The summed E-state index contributed by atoms with van der Waals surface area (Å²) in [5, 5.41) is 16.0. The quantitative estimate of drug-likeness (QED) is 0.285. The van der Waals surface area contributed by atoms with Crippen LogP contribution in [0.1, 0.15) is 58.9 Å². The van der Waals surface area contributed by atoms with E-state index in [4.69, 9.17) is 5.73 Å². The second kappa shape index (κ2) is 12.9. The highest BCUT2D eigenvalue weighted by Crippen LogP contribution is 2.23. The highest BCUT2D eigenvalue weighted by Gasteiger charge is 2.39. The van der Waals surface area contributed by atoms with E-state index in [2.05, 4.69) is 15.6 Å². The molecule has 1 aliphatic rings. The third-order valence-corrected chi connectivity index (χ3v) is 7.43. The van der Waals surface area contributed by atoms with Crippen LogP contribution < -0.4 is 16.4 Å². The van der Waals surface area contributed by atoms with Crippen LogP contribution >= 0.6 is 0 Å². The van der Waals surface area contributed by atoms with E-state index in [1.807, 2.05) is 58.2 Å². The average molecular weight is 528 g/mol. The number of carboxylic acid groups (broad SMARTS) is 1. The summed E-state index contributed by atoms with van der Waals surface area (Å²) in [6, 6.07) is 4.16. The van der Waals surface area contributed by atoms with Gasteiger partial charge in [0, 0.05) is 30.1 Å². The average Bonchev–Trinajstić information content (AvgIpc) is 3.54. The molecule has 10 heteroatoms. The van der Waals surface area contributed by atoms with Crippen molar-refractivity contribution >= 4 is 34.6 Å². The Kier molecular flexibility index (Phi) is 9.90. The molecule has 5 atom stereocenters. The minimum Gasteiger partial charge on any atom is -0.480 e. The normalized spacial score (nSPS) is 18.7. The maximum atomic E-state index is 13.9. The fourth-order valence-corrected chi connectivity index (χ4v) is 4.96. The number of carbonyl (C=O) groups excluding carboxylic acids is 3. The first-order valence-corrected chi connectivity index (χ1v) is 13.5. The van der Waals surface area contributed by atoms with Crippen molar-refractivity contribution < 1.29 is 24.3 Å². The lowest BCUT2D eigenvalue weighted by Gasteiger charge is -2.30. The Hall–Kier alpha value is -3.40. The van der Waals surface area contributed by atoms with E-state index >= 15 is 0 Å². The number of hydrogen-bond acceptors (Lipinski definition) is 5. The molecule has 0 spiro atoms. The van der Waals surface area contributed by atoms with Gasteiger partial charge >= 0.3 is 5.97 Å². The fraction of sp³-hybridized carbons (Fsp3) is 0.571. The number of benzene rings is 1. The van der Waals surface area contributed by atoms with Crippen molar-refractivity contribution in [2.24, 2.45) is 17.6 Å². The van der Waals surface area contributed by atoms with Crippen molar-refractivity contribution in [1.29, 1.82) is 0 Å². The van der Waals surface area contributed by atoms with Crippen LogP contribution in [0.5, 0.6) is 0 Å². The smallest absolute Gasteiger partial charge is 0.326 e. The molecule has 2 aromatic rings. The molecule has 0 saturated carbocycles. The SMILES string of the molecule is CCC(C)C(N)C(=O)NC(Cc1c[nH]c2ccccc12)C(=O)N1CCCC1C(=O)NC(CC(C)C)C(=O)O. The summed E-state index contributed by atoms with van der Waals surface area (Å²) in [4.78, 5) is 56.4. The maximum absolute atomic E-state index is 13.9. The number of fused-ring (bicyclic) bond motifs is 1. The number of hydrogen-bond donors (Lipinski definition) is 5. The molecule has 0 aliphatic carbocycles. The number of nitrogens with one attached hydrogen (secondary N) is 3. The molecule has 1 aromatic carbocycles. The van der Waals surface area contributed by atoms with Gasteiger partial charge in [0.25, 0.3) is 0 Å². The Labute approximate surface area is 223 Å². The summed E-state index contributed by atoms with van der Waals surface area (Å²) in [6.45, 7) is 7.95. The molecule has 6 N–H and O–H groups in total. The van der Waals surface area contributed by atoms with Gasteiger partial charge in [-0.05, 0) is 42.7 Å². The molecule has 0 bridgehead atoms. The number of carbonyl (C=O) groups is 4. The summed E-state index contributed by atoms with van der Waals surface area (Å²) >= 11 is 0. The van der Waals surface area contributed by atoms with Crippen LogP contribution in [0.2, 0.25) is 0 Å². The second-order valence-corrected chi connectivity index (χ2v) is 10.8. The lowest BCUT2D eigenvalue weighted by Crippen LogP contribution is -2.58. The van der Waals surface area contributed by atoms with E-state index in [0.29, 0.717) is 25.8 Å². The molecule has 1 aromatic heterocycles. The first-order chi connectivity index (χ1) is 18.0. The Balaban J connectivity index is 1.84. The van der Waals surface area contributed by atoms with E-state index in [1.54, 1.807) is 0 Å². The molecule has 1 fully saturated rings. The largest absolute Gasteiger partial charge is 0.480 e. The third kappa shape index (κ3) is 6.92. The number of nitrogens with zero attached hydrogens (tertiary/aromatic N) is 1. The molecular weight excluding hydrogens is 486 g/mol. The van der Waals surface area contributed by atoms with Crippen molar-refractivity contribution in [1.82, 2.24) is 20.5 Å². The highest BCUT2D eigenvalue weighted by atomic mass is 16.4. The Morgan fingerprint density at radius 1 is 1.13 bits per heavy atom. The number of aliphatic carboxylic acids is 1. The van der Waals surface area contributed by atoms with Gasteiger partial charge in [-0.25, -0.2) is 4.79 Å². The molecule has 2 heterocycles. The molecule has 0 radical (unpaired) electrons. The van der Waals surface area contributed by atoms with Gasteiger partial charge in [0.05, 0.1) is 6.04 Å². The molecule has 3 amide bonds. The molecule has 208 valence electrons. The van der Waals surface area contributed by atoms with Crippen LogP contribution in [0.4, 0.5) is 0 Å². The third-order valence-electron chi connectivity index (χ3n) is 7.43. The van der Waals surface area contributed by atoms with Gasteiger partial charge in [-0.2, -0.15) is 0 Å². The number of H-pyrrole nitrogens is 1. The van der Waals surface area contributed by atoms with Crippen molar-refractivity contribution in [3.63, 3.8) is 0 Å². The van der Waals surface area contributed by atoms with E-state index in [1.165, 1.54) is 4.90 Å². The predicted octanol–water partition coefficient (Wildman–Crippen LogP) is 2.18. The molecule has 10 nitrogen and oxygen atoms in total. The summed E-state index contributed by atoms with van der Waals surface area (Å²) in [7, 11) is 0. The fourth-order valence-electron chi connectivity index (χ4n) is 4.96. The summed E-state index contributed by atoms with van der Waals surface area (Å²) < 4.78 is 0. The number of amides is 3. The number of rotatable bonds is 12. The van der Waals surface area contributed by atoms with Gasteiger partial charge < -0.3 is 31.4 Å².